The zero-order chi connectivity index (χ0) is 40.3. The van der Waals surface area contributed by atoms with Crippen molar-refractivity contribution in [2.24, 2.45) is 0 Å². The first-order valence-electron chi connectivity index (χ1n) is 20.0. The molecule has 312 valence electrons. The zero-order valence-corrected chi connectivity index (χ0v) is 33.3. The molecule has 4 aromatic rings. The van der Waals surface area contributed by atoms with Crippen LogP contribution in [0.15, 0.2) is 36.9 Å². The smallest absolute Gasteiger partial charge is 0.245 e. The molecular formula is C39H60F2N8O7. The van der Waals surface area contributed by atoms with Gasteiger partial charge in [-0.3, -0.25) is 0 Å². The summed E-state index contributed by atoms with van der Waals surface area (Å²) in [4.78, 5) is 7.91. The molecule has 8 atom stereocenters. The van der Waals surface area contributed by atoms with Crippen LogP contribution in [0.1, 0.15) is 97.4 Å². The SMILES string of the molecule is CCCCOC[C@H]1OC(C)(c2ccc3c(N)ncnn23)[C@H](F)[C@@H]1OCCCC.CCCCOC[C@H]1OC(O)(c2ccc3c(N)ncnn23)[C@H](F)[C@@H]1OCCCC. The molecule has 15 nitrogen and oxygen atoms in total. The predicted octanol–water partition coefficient (Wildman–Crippen LogP) is 5.46. The highest BCUT2D eigenvalue weighted by Gasteiger charge is 2.59. The number of ether oxygens (including phenoxy) is 6. The Kier molecular flexibility index (Phi) is 15.7. The Labute approximate surface area is 327 Å². The lowest BCUT2D eigenvalue weighted by molar-refractivity contribution is -0.232. The molecule has 0 spiro atoms. The molecule has 0 radical (unpaired) electrons. The second-order valence-electron chi connectivity index (χ2n) is 14.5. The van der Waals surface area contributed by atoms with E-state index in [1.807, 2.05) is 6.92 Å². The van der Waals surface area contributed by atoms with Crippen molar-refractivity contribution in [1.29, 1.82) is 0 Å². The van der Waals surface area contributed by atoms with Crippen molar-refractivity contribution in [2.45, 2.75) is 134 Å². The Morgan fingerprint density at radius 2 is 1.12 bits per heavy atom. The Morgan fingerprint density at radius 1 is 0.679 bits per heavy atom. The van der Waals surface area contributed by atoms with Gasteiger partial charge in [0.25, 0.3) is 0 Å². The number of nitrogens with zero attached hydrogens (tertiary/aromatic N) is 6. The van der Waals surface area contributed by atoms with Gasteiger partial charge in [-0.15, -0.1) is 0 Å². The third kappa shape index (κ3) is 9.41. The van der Waals surface area contributed by atoms with E-state index in [2.05, 4.69) is 40.9 Å². The summed E-state index contributed by atoms with van der Waals surface area (Å²) in [5.74, 6) is -1.65. The van der Waals surface area contributed by atoms with Crippen molar-refractivity contribution >= 4 is 22.7 Å². The lowest BCUT2D eigenvalue weighted by atomic mass is 9.94. The summed E-state index contributed by atoms with van der Waals surface area (Å²) in [6.07, 6.45) is 4.06. The molecule has 2 saturated heterocycles. The second kappa shape index (κ2) is 20.2. The van der Waals surface area contributed by atoms with Gasteiger partial charge in [0.1, 0.15) is 59.4 Å². The molecular weight excluding hydrogens is 730 g/mol. The first-order chi connectivity index (χ1) is 27.0. The van der Waals surface area contributed by atoms with Gasteiger partial charge in [0.15, 0.2) is 24.0 Å². The molecule has 56 heavy (non-hydrogen) atoms. The van der Waals surface area contributed by atoms with Crippen molar-refractivity contribution in [1.82, 2.24) is 29.2 Å². The Morgan fingerprint density at radius 3 is 1.64 bits per heavy atom. The molecule has 6 rings (SSSR count). The van der Waals surface area contributed by atoms with Gasteiger partial charge < -0.3 is 45.0 Å². The van der Waals surface area contributed by atoms with E-state index in [9.17, 15) is 5.11 Å². The number of aliphatic hydroxyl groups is 1. The van der Waals surface area contributed by atoms with Crippen molar-refractivity contribution in [3.63, 3.8) is 0 Å². The minimum Gasteiger partial charge on any atom is -0.382 e. The molecule has 0 aromatic carbocycles. The van der Waals surface area contributed by atoms with E-state index < -0.39 is 48.1 Å². The maximum atomic E-state index is 15.7. The molecule has 0 aliphatic carbocycles. The van der Waals surface area contributed by atoms with Crippen LogP contribution in [0.25, 0.3) is 11.0 Å². The number of fused-ring (bicyclic) bond motifs is 2. The van der Waals surface area contributed by atoms with Gasteiger partial charge in [0.05, 0.1) is 18.9 Å². The minimum absolute atomic E-state index is 0.139. The number of nitrogen functional groups attached to an aromatic ring is 2. The lowest BCUT2D eigenvalue weighted by Gasteiger charge is -2.26. The third-order valence-corrected chi connectivity index (χ3v) is 10.2. The van der Waals surface area contributed by atoms with Crippen molar-refractivity contribution in [2.75, 3.05) is 51.1 Å². The number of nitrogens with two attached hydrogens (primary N) is 2. The number of hydrogen-bond donors (Lipinski definition) is 3. The van der Waals surface area contributed by atoms with Crippen molar-refractivity contribution in [3.8, 4) is 0 Å². The largest absolute Gasteiger partial charge is 0.382 e. The number of unbranched alkanes of at least 4 members (excludes halogenated alkanes) is 4. The number of halogens is 2. The van der Waals surface area contributed by atoms with Crippen LogP contribution in [0.2, 0.25) is 0 Å². The average molecular weight is 791 g/mol. The van der Waals surface area contributed by atoms with Crippen LogP contribution in [-0.4, -0.2) is 111 Å². The summed E-state index contributed by atoms with van der Waals surface area (Å²) in [5.41, 5.74) is 12.4. The summed E-state index contributed by atoms with van der Waals surface area (Å²) >= 11 is 0. The van der Waals surface area contributed by atoms with E-state index >= 15 is 8.78 Å². The number of rotatable bonds is 20. The number of alkyl halides is 2. The van der Waals surface area contributed by atoms with Crippen LogP contribution >= 0.6 is 0 Å². The number of aromatic nitrogens is 6. The highest BCUT2D eigenvalue weighted by Crippen LogP contribution is 2.44. The fraction of sp³-hybridized carbons (Fsp3) is 0.692. The molecule has 2 aliphatic heterocycles. The number of anilines is 2. The molecule has 0 saturated carbocycles. The Balaban J connectivity index is 0.000000214. The molecule has 2 fully saturated rings. The van der Waals surface area contributed by atoms with Crippen LogP contribution < -0.4 is 11.5 Å². The molecule has 17 heteroatoms. The van der Waals surface area contributed by atoms with Crippen molar-refractivity contribution in [3.05, 3.63) is 48.3 Å². The summed E-state index contributed by atoms with van der Waals surface area (Å²) in [6.45, 7) is 12.5. The van der Waals surface area contributed by atoms with Gasteiger partial charge >= 0.3 is 0 Å². The highest BCUT2D eigenvalue weighted by atomic mass is 19.1. The van der Waals surface area contributed by atoms with E-state index in [-0.39, 0.29) is 18.1 Å². The molecule has 0 bridgehead atoms. The normalized spacial score (nSPS) is 27.6. The highest BCUT2D eigenvalue weighted by molar-refractivity contribution is 5.66. The topological polar surface area (TPSA) is 188 Å². The van der Waals surface area contributed by atoms with Gasteiger partial charge in [-0.25, -0.2) is 27.8 Å². The maximum absolute atomic E-state index is 15.7. The third-order valence-electron chi connectivity index (χ3n) is 10.2. The van der Waals surface area contributed by atoms with E-state index in [1.54, 1.807) is 29.6 Å². The first kappa shape index (κ1) is 43.5. The molecule has 2 unspecified atom stereocenters. The molecule has 2 aliphatic rings. The standard InChI is InChI=1S/C20H31FN4O3.C19H29FN4O4/c1-4-6-10-26-12-15-17(27-11-7-5-2)18(21)20(3,28-15)16-9-8-14-19(22)23-13-24-25(14)16;1-3-5-9-26-11-14-16(27-10-6-4-2)17(20)19(25,28-14)15-8-7-13-18(21)22-12-23-24(13)15/h8-9,13,15,17-18H,4-7,10-12H2,1-3H3,(H2,22,23,24);7-8,12,14,16-17,25H,3-6,9-11H2,1-2H3,(H2,21,22,23)/t15-,17-,18-,20?;14-,16-,17-,19?/m11/s1. The fourth-order valence-electron chi connectivity index (χ4n) is 6.94. The van der Waals surface area contributed by atoms with Gasteiger partial charge in [-0.2, -0.15) is 10.2 Å². The minimum atomic E-state index is -2.22. The Bertz CT molecular complexity index is 1670. The van der Waals surface area contributed by atoms with Crippen LogP contribution in [0.5, 0.6) is 0 Å². The molecule has 4 aromatic heterocycles. The Hall–Kier alpha value is -3.58. The first-order valence-corrected chi connectivity index (χ1v) is 20.0. The molecule has 0 amide bonds. The van der Waals surface area contributed by atoms with Gasteiger partial charge in [-0.05, 0) is 56.9 Å². The van der Waals surface area contributed by atoms with E-state index in [0.29, 0.717) is 55.6 Å². The quantitative estimate of drug-likeness (QED) is 0.0959. The maximum Gasteiger partial charge on any atom is 0.245 e. The van der Waals surface area contributed by atoms with Gasteiger partial charge in [0, 0.05) is 26.4 Å². The second-order valence-corrected chi connectivity index (χ2v) is 14.5. The predicted molar refractivity (Wildman–Crippen MR) is 206 cm³/mol. The van der Waals surface area contributed by atoms with E-state index in [1.165, 1.54) is 23.2 Å². The summed E-state index contributed by atoms with van der Waals surface area (Å²) in [5, 5.41) is 19.5. The number of hydrogen-bond acceptors (Lipinski definition) is 13. The van der Waals surface area contributed by atoms with Crippen molar-refractivity contribution < 1.29 is 42.3 Å². The van der Waals surface area contributed by atoms with Gasteiger partial charge in [0.2, 0.25) is 5.79 Å². The lowest BCUT2D eigenvalue weighted by Crippen LogP contribution is -2.40. The molecule has 6 heterocycles. The van der Waals surface area contributed by atoms with Crippen LogP contribution in [0, 0.1) is 0 Å². The molecule has 5 N–H and O–H groups in total. The monoisotopic (exact) mass is 790 g/mol. The summed E-state index contributed by atoms with van der Waals surface area (Å²) in [6, 6.07) is 6.73. The summed E-state index contributed by atoms with van der Waals surface area (Å²) in [7, 11) is 0. The summed E-state index contributed by atoms with van der Waals surface area (Å²) < 4.78 is 69.1. The van der Waals surface area contributed by atoms with Crippen LogP contribution in [0.3, 0.4) is 0 Å². The fourth-order valence-corrected chi connectivity index (χ4v) is 6.94. The van der Waals surface area contributed by atoms with E-state index in [0.717, 1.165) is 51.4 Å². The van der Waals surface area contributed by atoms with Gasteiger partial charge in [-0.1, -0.05) is 53.4 Å². The van der Waals surface area contributed by atoms with Crippen LogP contribution in [-0.2, 0) is 39.8 Å². The zero-order valence-electron chi connectivity index (χ0n) is 33.3. The average Bonchev–Trinajstić information content (AvgIpc) is 3.94. The van der Waals surface area contributed by atoms with Crippen LogP contribution in [0.4, 0.5) is 20.4 Å². The van der Waals surface area contributed by atoms with E-state index in [4.69, 9.17) is 39.9 Å².